The molecule has 31 heavy (non-hydrogen) atoms. The van der Waals surface area contributed by atoms with Crippen molar-refractivity contribution in [3.8, 4) is 0 Å². The molecule has 0 saturated heterocycles. The summed E-state index contributed by atoms with van der Waals surface area (Å²) in [6.45, 7) is 2.33. The molecule has 1 N–H and O–H groups in total. The summed E-state index contributed by atoms with van der Waals surface area (Å²) in [6, 6.07) is 7.73. The van der Waals surface area contributed by atoms with Gasteiger partial charge in [-0.2, -0.15) is 0 Å². The van der Waals surface area contributed by atoms with E-state index >= 15 is 0 Å². The van der Waals surface area contributed by atoms with Crippen LogP contribution in [-0.2, 0) is 29.7 Å². The first kappa shape index (κ1) is 20.7. The number of nitrogens with one attached hydrogen (secondary N) is 1. The van der Waals surface area contributed by atoms with Crippen LogP contribution in [0, 0.1) is 0 Å². The first-order valence-electron chi connectivity index (χ1n) is 9.86. The molecule has 1 aromatic carbocycles. The summed E-state index contributed by atoms with van der Waals surface area (Å²) in [5.74, 6) is -0.179. The number of unbranched alkanes of at least 4 members (excludes halogenated alkanes) is 1. The van der Waals surface area contributed by atoms with Gasteiger partial charge in [0.25, 0.3) is 5.56 Å². The Morgan fingerprint density at radius 3 is 2.84 bits per heavy atom. The molecule has 10 heteroatoms. The fourth-order valence-electron chi connectivity index (χ4n) is 3.23. The van der Waals surface area contributed by atoms with Gasteiger partial charge in [-0.05, 0) is 24.6 Å². The van der Waals surface area contributed by atoms with Crippen LogP contribution >= 0.6 is 11.3 Å². The van der Waals surface area contributed by atoms with Gasteiger partial charge < -0.3 is 9.30 Å². The fourth-order valence-corrected chi connectivity index (χ4v) is 4.10. The third-order valence-corrected chi connectivity index (χ3v) is 5.86. The highest BCUT2D eigenvalue weighted by molar-refractivity contribution is 7.19. The molecule has 0 fully saturated rings. The molecule has 0 aliphatic rings. The first-order chi connectivity index (χ1) is 15.0. The number of ether oxygens (including phenoxy) is 1. The van der Waals surface area contributed by atoms with Crippen LogP contribution in [0.5, 0.6) is 0 Å². The van der Waals surface area contributed by atoms with Gasteiger partial charge in [-0.15, -0.1) is 11.3 Å². The van der Waals surface area contributed by atoms with Crippen molar-refractivity contribution in [3.63, 3.8) is 0 Å². The van der Waals surface area contributed by atoms with Crippen LogP contribution in [0.15, 0.2) is 39.9 Å². The molecule has 0 radical (unpaired) electrons. The molecule has 0 bridgehead atoms. The van der Waals surface area contributed by atoms with E-state index < -0.39 is 17.2 Å². The third kappa shape index (κ3) is 4.19. The Kier molecular flexibility index (Phi) is 5.81. The van der Waals surface area contributed by atoms with Gasteiger partial charge in [-0.25, -0.2) is 19.6 Å². The summed E-state index contributed by atoms with van der Waals surface area (Å²) in [5.41, 5.74) is 0.425. The molecular formula is C21H21N5O4S. The summed E-state index contributed by atoms with van der Waals surface area (Å²) in [7, 11) is 1.65. The smallest absolute Gasteiger partial charge is 0.331 e. The standard InChI is InChI=1S/C21H21N5O4S/c1-3-4-11-26-19-18(20(28)24-21(26)29)25(2)15(23-19)12-30-17(27)10-9-16-22-13-7-5-6-8-14(13)31-16/h5-10H,3-4,11-12H2,1-2H3,(H,24,28,29)/b10-9+. The van der Waals surface area contributed by atoms with Gasteiger partial charge in [0.05, 0.1) is 10.2 Å². The molecule has 3 aromatic heterocycles. The zero-order valence-corrected chi connectivity index (χ0v) is 17.9. The van der Waals surface area contributed by atoms with E-state index in [0.717, 1.165) is 23.1 Å². The minimum atomic E-state index is -0.552. The number of hydrogen-bond donors (Lipinski definition) is 1. The number of esters is 1. The van der Waals surface area contributed by atoms with Gasteiger partial charge >= 0.3 is 11.7 Å². The lowest BCUT2D eigenvalue weighted by Gasteiger charge is -2.04. The average Bonchev–Trinajstić information content (AvgIpc) is 3.31. The SMILES string of the molecule is CCCCn1c(=O)[nH]c(=O)c2c1nc(COC(=O)/C=C/c1nc3ccccc3s1)n2C. The number of nitrogens with zero attached hydrogens (tertiary/aromatic N) is 4. The zero-order chi connectivity index (χ0) is 22.0. The molecule has 0 atom stereocenters. The predicted molar refractivity (Wildman–Crippen MR) is 119 cm³/mol. The van der Waals surface area contributed by atoms with Crippen molar-refractivity contribution in [2.24, 2.45) is 7.05 Å². The minimum absolute atomic E-state index is 0.129. The van der Waals surface area contributed by atoms with Crippen LogP contribution in [0.1, 0.15) is 30.6 Å². The predicted octanol–water partition coefficient (Wildman–Crippen LogP) is 2.59. The largest absolute Gasteiger partial charge is 0.454 e. The van der Waals surface area contributed by atoms with Crippen LogP contribution in [0.2, 0.25) is 0 Å². The zero-order valence-electron chi connectivity index (χ0n) is 17.1. The van der Waals surface area contributed by atoms with Crippen LogP contribution in [-0.4, -0.2) is 30.1 Å². The van der Waals surface area contributed by atoms with Gasteiger partial charge in [0.15, 0.2) is 11.2 Å². The maximum Gasteiger partial charge on any atom is 0.331 e. The molecule has 9 nitrogen and oxygen atoms in total. The molecule has 4 rings (SSSR count). The number of fused-ring (bicyclic) bond motifs is 2. The molecule has 4 aromatic rings. The number of benzene rings is 1. The summed E-state index contributed by atoms with van der Waals surface area (Å²) >= 11 is 1.48. The lowest BCUT2D eigenvalue weighted by atomic mass is 10.3. The van der Waals surface area contributed by atoms with E-state index in [4.69, 9.17) is 4.74 Å². The van der Waals surface area contributed by atoms with E-state index in [1.807, 2.05) is 31.2 Å². The summed E-state index contributed by atoms with van der Waals surface area (Å²) in [5, 5.41) is 0.701. The van der Waals surface area contributed by atoms with Crippen molar-refractivity contribution in [1.29, 1.82) is 0 Å². The van der Waals surface area contributed by atoms with Gasteiger partial charge in [0, 0.05) is 19.7 Å². The topological polar surface area (TPSA) is 112 Å². The quantitative estimate of drug-likeness (QED) is 0.350. The number of rotatable bonds is 7. The molecule has 0 saturated carbocycles. The van der Waals surface area contributed by atoms with E-state index in [1.54, 1.807) is 17.7 Å². The Morgan fingerprint density at radius 1 is 1.26 bits per heavy atom. The summed E-state index contributed by atoms with van der Waals surface area (Å²) in [4.78, 5) is 47.8. The lowest BCUT2D eigenvalue weighted by molar-refractivity contribution is -0.139. The van der Waals surface area contributed by atoms with Gasteiger partial charge in [-0.1, -0.05) is 25.5 Å². The third-order valence-electron chi connectivity index (χ3n) is 4.86. The maximum atomic E-state index is 12.3. The number of aromatic nitrogens is 5. The summed E-state index contributed by atoms with van der Waals surface area (Å²) < 4.78 is 9.32. The molecule has 0 aliphatic carbocycles. The second-order valence-corrected chi connectivity index (χ2v) is 8.05. The molecular weight excluding hydrogens is 418 g/mol. The Hall–Kier alpha value is -3.53. The molecule has 0 amide bonds. The number of carbonyl (C=O) groups is 1. The average molecular weight is 439 g/mol. The highest BCUT2D eigenvalue weighted by Crippen LogP contribution is 2.22. The molecule has 3 heterocycles. The van der Waals surface area contributed by atoms with E-state index in [9.17, 15) is 14.4 Å². The van der Waals surface area contributed by atoms with Gasteiger partial charge in [0.1, 0.15) is 17.4 Å². The summed E-state index contributed by atoms with van der Waals surface area (Å²) in [6.07, 6.45) is 4.59. The van der Waals surface area contributed by atoms with Crippen molar-refractivity contribution in [2.45, 2.75) is 32.9 Å². The van der Waals surface area contributed by atoms with Gasteiger partial charge in [0.2, 0.25) is 0 Å². The van der Waals surface area contributed by atoms with Crippen LogP contribution in [0.3, 0.4) is 0 Å². The van der Waals surface area contributed by atoms with Crippen molar-refractivity contribution in [2.75, 3.05) is 0 Å². The van der Waals surface area contributed by atoms with Crippen molar-refractivity contribution in [1.82, 2.24) is 24.1 Å². The highest BCUT2D eigenvalue weighted by atomic mass is 32.1. The van der Waals surface area contributed by atoms with E-state index in [-0.39, 0.29) is 12.1 Å². The number of para-hydroxylation sites is 1. The van der Waals surface area contributed by atoms with Crippen LogP contribution in [0.25, 0.3) is 27.5 Å². The Balaban J connectivity index is 1.52. The van der Waals surface area contributed by atoms with E-state index in [0.29, 0.717) is 23.0 Å². The highest BCUT2D eigenvalue weighted by Gasteiger charge is 2.17. The van der Waals surface area contributed by atoms with Gasteiger partial charge in [-0.3, -0.25) is 14.3 Å². The number of hydrogen-bond acceptors (Lipinski definition) is 7. The number of aromatic amines is 1. The Bertz CT molecular complexity index is 1380. The van der Waals surface area contributed by atoms with Crippen LogP contribution < -0.4 is 11.2 Å². The number of imidazole rings is 1. The fraction of sp³-hybridized carbons (Fsp3) is 0.286. The second kappa shape index (κ2) is 8.68. The minimum Gasteiger partial charge on any atom is -0.454 e. The van der Waals surface area contributed by atoms with E-state index in [2.05, 4.69) is 15.0 Å². The molecule has 0 aliphatic heterocycles. The molecule has 0 spiro atoms. The normalized spacial score (nSPS) is 11.7. The number of thiazole rings is 1. The number of aryl methyl sites for hydroxylation is 2. The van der Waals surface area contributed by atoms with Crippen molar-refractivity contribution >= 4 is 44.8 Å². The maximum absolute atomic E-state index is 12.3. The lowest BCUT2D eigenvalue weighted by Crippen LogP contribution is -2.31. The Labute approximate surface area is 180 Å². The number of carbonyl (C=O) groups excluding carboxylic acids is 1. The van der Waals surface area contributed by atoms with Crippen molar-refractivity contribution < 1.29 is 9.53 Å². The van der Waals surface area contributed by atoms with Crippen LogP contribution in [0.4, 0.5) is 0 Å². The molecule has 0 unspecified atom stereocenters. The second-order valence-electron chi connectivity index (χ2n) is 6.98. The van der Waals surface area contributed by atoms with Crippen molar-refractivity contribution in [3.05, 3.63) is 62.0 Å². The Morgan fingerprint density at radius 2 is 2.06 bits per heavy atom. The monoisotopic (exact) mass is 439 g/mol. The number of H-pyrrole nitrogens is 1. The van der Waals surface area contributed by atoms with E-state index in [1.165, 1.54) is 22.0 Å². The molecule has 160 valence electrons. The first-order valence-corrected chi connectivity index (χ1v) is 10.7.